The van der Waals surface area contributed by atoms with Crippen molar-refractivity contribution < 1.29 is 19.4 Å². The van der Waals surface area contributed by atoms with Crippen molar-refractivity contribution in [2.75, 3.05) is 18.1 Å². The zero-order chi connectivity index (χ0) is 17.4. The Morgan fingerprint density at radius 2 is 2.12 bits per heavy atom. The molecule has 2 aromatic rings. The van der Waals surface area contributed by atoms with Crippen LogP contribution < -0.4 is 9.64 Å². The van der Waals surface area contributed by atoms with Crippen molar-refractivity contribution in [2.24, 2.45) is 0 Å². The molecule has 0 fully saturated rings. The highest BCUT2D eigenvalue weighted by molar-refractivity contribution is 6.01. The van der Waals surface area contributed by atoms with E-state index in [1.807, 2.05) is 37.6 Å². The number of hydrogen-bond donors (Lipinski definition) is 1. The van der Waals surface area contributed by atoms with Gasteiger partial charge in [-0.2, -0.15) is 5.10 Å². The number of carboxylic acids is 1. The predicted molar refractivity (Wildman–Crippen MR) is 88.3 cm³/mol. The molecule has 7 nitrogen and oxygen atoms in total. The van der Waals surface area contributed by atoms with Crippen LogP contribution in [0.1, 0.15) is 18.3 Å². The van der Waals surface area contributed by atoms with Crippen molar-refractivity contribution in [3.8, 4) is 16.9 Å². The fraction of sp³-hybridized carbons (Fsp3) is 0.353. The van der Waals surface area contributed by atoms with Crippen molar-refractivity contribution in [1.82, 2.24) is 9.78 Å². The zero-order valence-electron chi connectivity index (χ0n) is 13.9. The second kappa shape index (κ2) is 5.99. The van der Waals surface area contributed by atoms with Gasteiger partial charge in [0.2, 0.25) is 0 Å². The number of anilines is 1. The molecular formula is C17H19N3O4. The van der Waals surface area contributed by atoms with Crippen LogP contribution >= 0.6 is 0 Å². The number of amides is 1. The zero-order valence-corrected chi connectivity index (χ0v) is 13.9. The summed E-state index contributed by atoms with van der Waals surface area (Å²) in [7, 11) is 0. The lowest BCUT2D eigenvalue weighted by atomic mass is 10.0. The number of aliphatic carboxylic acids is 1. The summed E-state index contributed by atoms with van der Waals surface area (Å²) < 4.78 is 7.45. The fourth-order valence-corrected chi connectivity index (χ4v) is 3.09. The average Bonchev–Trinajstić information content (AvgIpc) is 2.83. The van der Waals surface area contributed by atoms with Gasteiger partial charge in [-0.1, -0.05) is 6.07 Å². The van der Waals surface area contributed by atoms with E-state index in [0.29, 0.717) is 11.4 Å². The van der Waals surface area contributed by atoms with E-state index in [1.54, 1.807) is 6.07 Å². The molecule has 0 unspecified atom stereocenters. The standard InChI is InChI=1S/C17H19N3O4/c1-4-20-11(3)17(10(2)18-20)12-5-6-13-14(7-12)24-9-15(21)19(13)8-16(22)23/h5-7H,4,8-9H2,1-3H3,(H,22,23). The molecule has 3 rings (SSSR count). The third-order valence-electron chi connectivity index (χ3n) is 4.17. The predicted octanol–water partition coefficient (Wildman–Crippen LogP) is 2.00. The maximum Gasteiger partial charge on any atom is 0.323 e. The maximum absolute atomic E-state index is 11.9. The molecule has 1 aliphatic heterocycles. The normalized spacial score (nSPS) is 13.6. The summed E-state index contributed by atoms with van der Waals surface area (Å²) in [5, 5.41) is 13.5. The van der Waals surface area contributed by atoms with E-state index in [-0.39, 0.29) is 19.1 Å². The first-order valence-electron chi connectivity index (χ1n) is 7.75. The summed E-state index contributed by atoms with van der Waals surface area (Å²) in [5.74, 6) is -0.906. The van der Waals surface area contributed by atoms with Crippen LogP contribution in [0.2, 0.25) is 0 Å². The van der Waals surface area contributed by atoms with E-state index in [0.717, 1.165) is 29.1 Å². The number of carbonyl (C=O) groups is 2. The van der Waals surface area contributed by atoms with Gasteiger partial charge in [-0.25, -0.2) is 0 Å². The molecule has 0 atom stereocenters. The van der Waals surface area contributed by atoms with Crippen LogP contribution in [0.25, 0.3) is 11.1 Å². The summed E-state index contributed by atoms with van der Waals surface area (Å²) in [6.45, 7) is 6.26. The topological polar surface area (TPSA) is 84.7 Å². The molecule has 1 aromatic heterocycles. The van der Waals surface area contributed by atoms with Gasteiger partial charge < -0.3 is 9.84 Å². The Labute approximate surface area is 139 Å². The summed E-state index contributed by atoms with van der Waals surface area (Å²) in [6.07, 6.45) is 0. The van der Waals surface area contributed by atoms with Crippen LogP contribution in [0, 0.1) is 13.8 Å². The quantitative estimate of drug-likeness (QED) is 0.927. The lowest BCUT2D eigenvalue weighted by Crippen LogP contribution is -2.41. The van der Waals surface area contributed by atoms with Crippen molar-refractivity contribution in [3.63, 3.8) is 0 Å². The van der Waals surface area contributed by atoms with Crippen molar-refractivity contribution in [3.05, 3.63) is 29.6 Å². The minimum atomic E-state index is -1.06. The minimum Gasteiger partial charge on any atom is -0.482 e. The molecule has 0 radical (unpaired) electrons. The van der Waals surface area contributed by atoms with Crippen LogP contribution in [-0.4, -0.2) is 39.9 Å². The van der Waals surface area contributed by atoms with Gasteiger partial charge in [0, 0.05) is 17.8 Å². The number of benzene rings is 1. The molecule has 0 saturated heterocycles. The third kappa shape index (κ3) is 2.62. The van der Waals surface area contributed by atoms with Crippen molar-refractivity contribution in [2.45, 2.75) is 27.3 Å². The summed E-state index contributed by atoms with van der Waals surface area (Å²) >= 11 is 0. The summed E-state index contributed by atoms with van der Waals surface area (Å²) in [6, 6.07) is 5.44. The average molecular weight is 329 g/mol. The van der Waals surface area contributed by atoms with Crippen LogP contribution in [-0.2, 0) is 16.1 Å². The number of ether oxygens (including phenoxy) is 1. The van der Waals surface area contributed by atoms with Gasteiger partial charge in [-0.3, -0.25) is 19.2 Å². The molecule has 0 saturated carbocycles. The number of rotatable bonds is 4. The Hall–Kier alpha value is -2.83. The molecule has 2 heterocycles. The molecule has 0 aliphatic carbocycles. The molecule has 1 N–H and O–H groups in total. The van der Waals surface area contributed by atoms with E-state index >= 15 is 0 Å². The first-order valence-corrected chi connectivity index (χ1v) is 7.75. The second-order valence-electron chi connectivity index (χ2n) is 5.71. The van der Waals surface area contributed by atoms with Crippen LogP contribution in [0.4, 0.5) is 5.69 Å². The molecule has 1 amide bonds. The highest BCUT2D eigenvalue weighted by Crippen LogP contribution is 2.37. The molecule has 126 valence electrons. The Bertz CT molecular complexity index is 825. The Kier molecular flexibility index (Phi) is 4.01. The van der Waals surface area contributed by atoms with Crippen molar-refractivity contribution in [1.29, 1.82) is 0 Å². The number of hydrogen-bond acceptors (Lipinski definition) is 4. The van der Waals surface area contributed by atoms with Gasteiger partial charge in [-0.05, 0) is 38.5 Å². The summed E-state index contributed by atoms with van der Waals surface area (Å²) in [4.78, 5) is 24.1. The molecular weight excluding hydrogens is 310 g/mol. The number of carbonyl (C=O) groups excluding carboxylic acids is 1. The first kappa shape index (κ1) is 16.0. The van der Waals surface area contributed by atoms with Gasteiger partial charge in [0.25, 0.3) is 5.91 Å². The highest BCUT2D eigenvalue weighted by atomic mass is 16.5. The van der Waals surface area contributed by atoms with Gasteiger partial charge in [0.1, 0.15) is 12.3 Å². The van der Waals surface area contributed by atoms with Gasteiger partial charge in [0.05, 0.1) is 11.4 Å². The molecule has 1 aromatic carbocycles. The third-order valence-corrected chi connectivity index (χ3v) is 4.17. The van der Waals surface area contributed by atoms with Crippen LogP contribution in [0.15, 0.2) is 18.2 Å². The second-order valence-corrected chi connectivity index (χ2v) is 5.71. The highest BCUT2D eigenvalue weighted by Gasteiger charge is 2.28. The minimum absolute atomic E-state index is 0.157. The maximum atomic E-state index is 11.9. The lowest BCUT2D eigenvalue weighted by molar-refractivity contribution is -0.137. The number of fused-ring (bicyclic) bond motifs is 1. The first-order chi connectivity index (χ1) is 11.4. The molecule has 0 spiro atoms. The Morgan fingerprint density at radius 3 is 2.75 bits per heavy atom. The molecule has 1 aliphatic rings. The summed E-state index contributed by atoms with van der Waals surface area (Å²) in [5.41, 5.74) is 4.43. The van der Waals surface area contributed by atoms with E-state index < -0.39 is 5.97 Å². The monoisotopic (exact) mass is 329 g/mol. The number of aromatic nitrogens is 2. The van der Waals surface area contributed by atoms with E-state index in [4.69, 9.17) is 9.84 Å². The van der Waals surface area contributed by atoms with Gasteiger partial charge in [0.15, 0.2) is 6.61 Å². The smallest absolute Gasteiger partial charge is 0.323 e. The van der Waals surface area contributed by atoms with Crippen LogP contribution in [0.5, 0.6) is 5.75 Å². The Morgan fingerprint density at radius 1 is 1.38 bits per heavy atom. The van der Waals surface area contributed by atoms with E-state index in [2.05, 4.69) is 5.10 Å². The molecule has 7 heteroatoms. The fourth-order valence-electron chi connectivity index (χ4n) is 3.09. The number of carboxylic acid groups (broad SMARTS) is 1. The van der Waals surface area contributed by atoms with E-state index in [9.17, 15) is 9.59 Å². The molecule has 0 bridgehead atoms. The lowest BCUT2D eigenvalue weighted by Gasteiger charge is -2.28. The van der Waals surface area contributed by atoms with Crippen LogP contribution in [0.3, 0.4) is 0 Å². The Balaban J connectivity index is 2.05. The van der Waals surface area contributed by atoms with Gasteiger partial charge >= 0.3 is 5.97 Å². The van der Waals surface area contributed by atoms with Crippen molar-refractivity contribution >= 4 is 17.6 Å². The van der Waals surface area contributed by atoms with E-state index in [1.165, 1.54) is 4.90 Å². The number of nitrogens with zero attached hydrogens (tertiary/aromatic N) is 3. The molecule has 24 heavy (non-hydrogen) atoms. The number of aryl methyl sites for hydroxylation is 2. The SMILES string of the molecule is CCn1nc(C)c(-c2ccc3c(c2)OCC(=O)N3CC(=O)O)c1C. The largest absolute Gasteiger partial charge is 0.482 e. The van der Waals surface area contributed by atoms with Gasteiger partial charge in [-0.15, -0.1) is 0 Å².